The van der Waals surface area contributed by atoms with E-state index in [0.29, 0.717) is 18.0 Å². The van der Waals surface area contributed by atoms with E-state index in [2.05, 4.69) is 17.3 Å². The Kier molecular flexibility index (Phi) is 4.07. The molecule has 17 heavy (non-hydrogen) atoms. The van der Waals surface area contributed by atoms with E-state index < -0.39 is 0 Å². The molecule has 1 aromatic rings. The molecule has 0 aliphatic carbocycles. The maximum Gasteiger partial charge on any atom is 0.256 e. The van der Waals surface area contributed by atoms with E-state index in [1.54, 1.807) is 6.07 Å². The van der Waals surface area contributed by atoms with E-state index in [4.69, 9.17) is 16.0 Å². The van der Waals surface area contributed by atoms with Gasteiger partial charge in [-0.05, 0) is 50.0 Å². The molecule has 0 saturated carbocycles. The molecule has 1 N–H and O–H groups in total. The zero-order valence-corrected chi connectivity index (χ0v) is 10.7. The minimum atomic E-state index is -0.156. The number of likely N-dealkylation sites (tertiary alicyclic amines) is 1. The number of halogens is 1. The molecule has 1 saturated heterocycles. The molecule has 5 heteroatoms. The van der Waals surface area contributed by atoms with Gasteiger partial charge >= 0.3 is 0 Å². The van der Waals surface area contributed by atoms with Crippen LogP contribution in [0.25, 0.3) is 0 Å². The first kappa shape index (κ1) is 12.5. The summed E-state index contributed by atoms with van der Waals surface area (Å²) in [4.78, 5) is 14.1. The Morgan fingerprint density at radius 3 is 3.18 bits per heavy atom. The van der Waals surface area contributed by atoms with Gasteiger partial charge in [-0.2, -0.15) is 0 Å². The van der Waals surface area contributed by atoms with Crippen molar-refractivity contribution in [3.05, 3.63) is 23.1 Å². The summed E-state index contributed by atoms with van der Waals surface area (Å²) in [6.45, 7) is 2.89. The van der Waals surface area contributed by atoms with Crippen molar-refractivity contribution < 1.29 is 9.21 Å². The van der Waals surface area contributed by atoms with Gasteiger partial charge < -0.3 is 14.6 Å². The van der Waals surface area contributed by atoms with Gasteiger partial charge in [0, 0.05) is 13.1 Å². The van der Waals surface area contributed by atoms with Gasteiger partial charge in [-0.25, -0.2) is 0 Å². The average molecular weight is 257 g/mol. The van der Waals surface area contributed by atoms with Crippen LogP contribution in [-0.2, 0) is 0 Å². The minimum Gasteiger partial charge on any atom is -0.452 e. The van der Waals surface area contributed by atoms with Crippen molar-refractivity contribution in [2.24, 2.45) is 5.92 Å². The van der Waals surface area contributed by atoms with Gasteiger partial charge in [0.1, 0.15) is 0 Å². The normalized spacial score (nSPS) is 21.4. The molecular weight excluding hydrogens is 240 g/mol. The number of hydrogen-bond donors (Lipinski definition) is 1. The van der Waals surface area contributed by atoms with Gasteiger partial charge in [-0.1, -0.05) is 0 Å². The number of nitrogens with zero attached hydrogens (tertiary/aromatic N) is 1. The lowest BCUT2D eigenvalue weighted by atomic mass is 9.98. The molecule has 1 fully saturated rings. The van der Waals surface area contributed by atoms with E-state index in [1.165, 1.54) is 19.1 Å². The largest absolute Gasteiger partial charge is 0.452 e. The highest BCUT2D eigenvalue weighted by Gasteiger charge is 2.19. The zero-order valence-electron chi connectivity index (χ0n) is 9.91. The first-order valence-corrected chi connectivity index (χ1v) is 6.24. The molecule has 2 rings (SSSR count). The highest BCUT2D eigenvalue weighted by atomic mass is 35.5. The fraction of sp³-hybridized carbons (Fsp3) is 0.583. The van der Waals surface area contributed by atoms with Gasteiger partial charge in [0.2, 0.25) is 5.22 Å². The van der Waals surface area contributed by atoms with Crippen LogP contribution in [0.4, 0.5) is 0 Å². The van der Waals surface area contributed by atoms with Crippen molar-refractivity contribution in [1.82, 2.24) is 10.2 Å². The van der Waals surface area contributed by atoms with Crippen LogP contribution < -0.4 is 5.32 Å². The second-order valence-corrected chi connectivity index (χ2v) is 4.93. The van der Waals surface area contributed by atoms with E-state index in [0.717, 1.165) is 13.1 Å². The monoisotopic (exact) mass is 256 g/mol. The third kappa shape index (κ3) is 3.23. The smallest absolute Gasteiger partial charge is 0.256 e. The standard InChI is InChI=1S/C12H17ClN2O2/c1-15-5-2-3-9(8-15)7-14-12(16)10-4-6-17-11(10)13/h4,6,9H,2-3,5,7-8H2,1H3,(H,14,16). The summed E-state index contributed by atoms with van der Waals surface area (Å²) >= 11 is 5.74. The first-order valence-electron chi connectivity index (χ1n) is 5.86. The van der Waals surface area contributed by atoms with Crippen LogP contribution in [0.2, 0.25) is 5.22 Å². The topological polar surface area (TPSA) is 45.5 Å². The molecular formula is C12H17ClN2O2. The third-order valence-electron chi connectivity index (χ3n) is 3.14. The second kappa shape index (κ2) is 5.56. The highest BCUT2D eigenvalue weighted by Crippen LogP contribution is 2.17. The maximum atomic E-state index is 11.8. The first-order chi connectivity index (χ1) is 8.16. The minimum absolute atomic E-state index is 0.156. The van der Waals surface area contributed by atoms with E-state index in [1.807, 2.05) is 0 Å². The van der Waals surface area contributed by atoms with Crippen LogP contribution in [0.3, 0.4) is 0 Å². The van der Waals surface area contributed by atoms with Crippen molar-refractivity contribution in [2.75, 3.05) is 26.7 Å². The molecule has 1 amide bonds. The molecule has 0 radical (unpaired) electrons. The number of carbonyl (C=O) groups is 1. The Labute approximate surface area is 106 Å². The number of rotatable bonds is 3. The van der Waals surface area contributed by atoms with Gasteiger partial charge in [-0.15, -0.1) is 0 Å². The van der Waals surface area contributed by atoms with Crippen LogP contribution in [0, 0.1) is 5.92 Å². The van der Waals surface area contributed by atoms with Crippen LogP contribution in [0.15, 0.2) is 16.7 Å². The third-order valence-corrected chi connectivity index (χ3v) is 3.43. The van der Waals surface area contributed by atoms with E-state index in [-0.39, 0.29) is 11.1 Å². The van der Waals surface area contributed by atoms with Crippen LogP contribution in [-0.4, -0.2) is 37.5 Å². The Bertz CT molecular complexity index is 392. The van der Waals surface area contributed by atoms with Gasteiger partial charge in [0.15, 0.2) is 0 Å². The van der Waals surface area contributed by atoms with Crippen LogP contribution >= 0.6 is 11.6 Å². The fourth-order valence-electron chi connectivity index (χ4n) is 2.23. The summed E-state index contributed by atoms with van der Waals surface area (Å²) in [7, 11) is 2.11. The van der Waals surface area contributed by atoms with Gasteiger partial charge in [-0.3, -0.25) is 4.79 Å². The zero-order chi connectivity index (χ0) is 12.3. The molecule has 0 spiro atoms. The molecule has 2 heterocycles. The Hall–Kier alpha value is -1.00. The van der Waals surface area contributed by atoms with Gasteiger partial charge in [0.05, 0.1) is 11.8 Å². The molecule has 0 bridgehead atoms. The Balaban J connectivity index is 1.82. The summed E-state index contributed by atoms with van der Waals surface area (Å²) < 4.78 is 4.89. The lowest BCUT2D eigenvalue weighted by Crippen LogP contribution is -2.39. The van der Waals surface area contributed by atoms with Crippen molar-refractivity contribution in [1.29, 1.82) is 0 Å². The molecule has 4 nitrogen and oxygen atoms in total. The molecule has 1 aromatic heterocycles. The lowest BCUT2D eigenvalue weighted by Gasteiger charge is -2.29. The number of piperidine rings is 1. The number of amides is 1. The van der Waals surface area contributed by atoms with Crippen molar-refractivity contribution in [3.8, 4) is 0 Å². The molecule has 1 aliphatic heterocycles. The van der Waals surface area contributed by atoms with Crippen molar-refractivity contribution in [2.45, 2.75) is 12.8 Å². The molecule has 1 unspecified atom stereocenters. The maximum absolute atomic E-state index is 11.8. The van der Waals surface area contributed by atoms with E-state index >= 15 is 0 Å². The summed E-state index contributed by atoms with van der Waals surface area (Å²) in [5.41, 5.74) is 0.413. The fourth-order valence-corrected chi connectivity index (χ4v) is 2.43. The second-order valence-electron chi connectivity index (χ2n) is 4.59. The van der Waals surface area contributed by atoms with E-state index in [9.17, 15) is 4.79 Å². The predicted octanol–water partition coefficient (Wildman–Crippen LogP) is 2.00. The highest BCUT2D eigenvalue weighted by molar-refractivity contribution is 6.32. The molecule has 0 aromatic carbocycles. The van der Waals surface area contributed by atoms with Gasteiger partial charge in [0.25, 0.3) is 5.91 Å². The number of carbonyl (C=O) groups excluding carboxylic acids is 1. The predicted molar refractivity (Wildman–Crippen MR) is 66.3 cm³/mol. The van der Waals surface area contributed by atoms with Crippen LogP contribution in [0.5, 0.6) is 0 Å². The Morgan fingerprint density at radius 1 is 1.71 bits per heavy atom. The van der Waals surface area contributed by atoms with Crippen molar-refractivity contribution >= 4 is 17.5 Å². The summed E-state index contributed by atoms with van der Waals surface area (Å²) in [6, 6.07) is 1.59. The molecule has 1 atom stereocenters. The molecule has 94 valence electrons. The quantitative estimate of drug-likeness (QED) is 0.900. The summed E-state index contributed by atoms with van der Waals surface area (Å²) in [5, 5.41) is 3.06. The summed E-state index contributed by atoms with van der Waals surface area (Å²) in [6.07, 6.45) is 3.79. The number of hydrogen-bond acceptors (Lipinski definition) is 3. The Morgan fingerprint density at radius 2 is 2.53 bits per heavy atom. The number of nitrogens with one attached hydrogen (secondary N) is 1. The number of furan rings is 1. The SMILES string of the molecule is CN1CCCC(CNC(=O)c2ccoc2Cl)C1. The lowest BCUT2D eigenvalue weighted by molar-refractivity contribution is 0.0936. The summed E-state index contributed by atoms with van der Waals surface area (Å²) in [5.74, 6) is 0.375. The van der Waals surface area contributed by atoms with Crippen molar-refractivity contribution in [3.63, 3.8) is 0 Å². The average Bonchev–Trinajstić information content (AvgIpc) is 2.72. The molecule has 1 aliphatic rings. The van der Waals surface area contributed by atoms with Crippen LogP contribution in [0.1, 0.15) is 23.2 Å².